The molecular weight excluding hydrogens is 202 g/mol. The van der Waals surface area contributed by atoms with Gasteiger partial charge in [-0.3, -0.25) is 10.0 Å². The van der Waals surface area contributed by atoms with Crippen LogP contribution in [0.3, 0.4) is 0 Å². The van der Waals surface area contributed by atoms with E-state index in [0.717, 1.165) is 5.06 Å². The molecular formula is C8H17N3O4. The Morgan fingerprint density at radius 2 is 2.13 bits per heavy atom. The number of nitrogens with zero attached hydrogens (tertiary/aromatic N) is 2. The highest BCUT2D eigenvalue weighted by molar-refractivity contribution is 5.77. The molecule has 0 amide bonds. The number of carboxylic acids is 1. The second-order valence-electron chi connectivity index (χ2n) is 3.21. The first-order valence-corrected chi connectivity index (χ1v) is 4.62. The average molecular weight is 219 g/mol. The van der Waals surface area contributed by atoms with Gasteiger partial charge >= 0.3 is 5.97 Å². The molecule has 0 aliphatic heterocycles. The van der Waals surface area contributed by atoms with E-state index in [1.165, 1.54) is 6.92 Å². The molecule has 0 saturated carbocycles. The van der Waals surface area contributed by atoms with E-state index in [1.807, 2.05) is 0 Å². The predicted molar refractivity (Wildman–Crippen MR) is 52.9 cm³/mol. The number of aliphatic carboxylic acids is 1. The summed E-state index contributed by atoms with van der Waals surface area (Å²) in [6.45, 7) is 1.73. The van der Waals surface area contributed by atoms with E-state index in [2.05, 4.69) is 5.16 Å². The van der Waals surface area contributed by atoms with Gasteiger partial charge in [-0.2, -0.15) is 0 Å². The zero-order chi connectivity index (χ0) is 11.8. The van der Waals surface area contributed by atoms with Gasteiger partial charge in [-0.25, -0.2) is 5.06 Å². The van der Waals surface area contributed by atoms with Crippen LogP contribution in [0.4, 0.5) is 0 Å². The second kappa shape index (κ2) is 7.02. The Morgan fingerprint density at radius 1 is 1.53 bits per heavy atom. The van der Waals surface area contributed by atoms with Crippen molar-refractivity contribution in [2.75, 3.05) is 6.54 Å². The molecule has 1 unspecified atom stereocenters. The number of hydrogen-bond acceptors (Lipinski definition) is 5. The summed E-state index contributed by atoms with van der Waals surface area (Å²) in [6, 6.07) is -0.857. The number of amidine groups is 1. The summed E-state index contributed by atoms with van der Waals surface area (Å²) >= 11 is 0. The van der Waals surface area contributed by atoms with Gasteiger partial charge in [0.05, 0.1) is 0 Å². The molecule has 88 valence electrons. The minimum atomic E-state index is -1.02. The van der Waals surface area contributed by atoms with Crippen molar-refractivity contribution in [2.24, 2.45) is 10.9 Å². The van der Waals surface area contributed by atoms with Crippen LogP contribution in [0.1, 0.15) is 26.2 Å². The van der Waals surface area contributed by atoms with Gasteiger partial charge in [0.15, 0.2) is 5.84 Å². The van der Waals surface area contributed by atoms with Gasteiger partial charge in [-0.1, -0.05) is 5.16 Å². The van der Waals surface area contributed by atoms with Crippen molar-refractivity contribution in [3.8, 4) is 0 Å². The number of hydroxylamine groups is 2. The lowest BCUT2D eigenvalue weighted by Gasteiger charge is -2.14. The molecule has 0 radical (unpaired) electrons. The van der Waals surface area contributed by atoms with E-state index in [0.29, 0.717) is 19.3 Å². The number of carbonyl (C=O) groups is 1. The highest BCUT2D eigenvalue weighted by Crippen LogP contribution is 2.01. The SMILES string of the molecule is C/C(=N\O)N(O)CCCCC(N)C(=O)O. The zero-order valence-electron chi connectivity index (χ0n) is 8.63. The van der Waals surface area contributed by atoms with Gasteiger partial charge in [0.2, 0.25) is 0 Å². The molecule has 0 rings (SSSR count). The highest BCUT2D eigenvalue weighted by Gasteiger charge is 2.10. The molecule has 0 bridgehead atoms. The molecule has 7 heteroatoms. The summed E-state index contributed by atoms with van der Waals surface area (Å²) in [5, 5.41) is 29.6. The molecule has 0 aromatic rings. The summed E-state index contributed by atoms with van der Waals surface area (Å²) in [4.78, 5) is 10.3. The number of nitrogens with two attached hydrogens (primary N) is 1. The van der Waals surface area contributed by atoms with Crippen molar-refractivity contribution < 1.29 is 20.3 Å². The van der Waals surface area contributed by atoms with E-state index in [4.69, 9.17) is 16.0 Å². The van der Waals surface area contributed by atoms with Crippen LogP contribution in [-0.4, -0.2) is 45.0 Å². The predicted octanol–water partition coefficient (Wildman–Crippen LogP) is 0.0674. The molecule has 0 aromatic heterocycles. The zero-order valence-corrected chi connectivity index (χ0v) is 8.63. The van der Waals surface area contributed by atoms with Gasteiger partial charge in [0, 0.05) is 6.54 Å². The van der Waals surface area contributed by atoms with Crippen LogP contribution in [0.2, 0.25) is 0 Å². The third-order valence-corrected chi connectivity index (χ3v) is 1.97. The first kappa shape index (κ1) is 13.7. The standard InChI is InChI=1S/C8H17N3O4/c1-6(10-14)11(15)5-3-2-4-7(9)8(12)13/h7,14-15H,2-5,9H2,1H3,(H,12,13)/b10-6+. The van der Waals surface area contributed by atoms with Crippen LogP contribution in [0, 0.1) is 0 Å². The van der Waals surface area contributed by atoms with Crippen LogP contribution in [0.15, 0.2) is 5.16 Å². The molecule has 0 aliphatic carbocycles. The maximum Gasteiger partial charge on any atom is 0.320 e. The topological polar surface area (TPSA) is 119 Å². The van der Waals surface area contributed by atoms with Gasteiger partial charge in [-0.15, -0.1) is 0 Å². The first-order chi connectivity index (χ1) is 6.99. The van der Waals surface area contributed by atoms with E-state index < -0.39 is 12.0 Å². The fraction of sp³-hybridized carbons (Fsp3) is 0.750. The molecule has 5 N–H and O–H groups in total. The van der Waals surface area contributed by atoms with Gasteiger partial charge < -0.3 is 16.0 Å². The van der Waals surface area contributed by atoms with Crippen LogP contribution in [0.25, 0.3) is 0 Å². The van der Waals surface area contributed by atoms with Crippen molar-refractivity contribution in [3.05, 3.63) is 0 Å². The number of unbranched alkanes of at least 4 members (excludes halogenated alkanes) is 1. The average Bonchev–Trinajstić information content (AvgIpc) is 2.22. The molecule has 0 fully saturated rings. The smallest absolute Gasteiger partial charge is 0.320 e. The largest absolute Gasteiger partial charge is 0.480 e. The second-order valence-corrected chi connectivity index (χ2v) is 3.21. The fourth-order valence-electron chi connectivity index (χ4n) is 0.963. The third kappa shape index (κ3) is 5.87. The molecule has 0 aromatic carbocycles. The van der Waals surface area contributed by atoms with Crippen molar-refractivity contribution in [3.63, 3.8) is 0 Å². The van der Waals surface area contributed by atoms with Crippen LogP contribution < -0.4 is 5.73 Å². The van der Waals surface area contributed by atoms with Crippen LogP contribution >= 0.6 is 0 Å². The molecule has 0 heterocycles. The van der Waals surface area contributed by atoms with E-state index in [-0.39, 0.29) is 12.4 Å². The number of oxime groups is 1. The monoisotopic (exact) mass is 219 g/mol. The lowest BCUT2D eigenvalue weighted by atomic mass is 10.1. The Bertz CT molecular complexity index is 232. The minimum absolute atomic E-state index is 0.0949. The maximum absolute atomic E-state index is 10.3. The van der Waals surface area contributed by atoms with Crippen molar-refractivity contribution >= 4 is 11.8 Å². The van der Waals surface area contributed by atoms with E-state index in [1.54, 1.807) is 0 Å². The Balaban J connectivity index is 3.59. The first-order valence-electron chi connectivity index (χ1n) is 4.62. The summed E-state index contributed by atoms with van der Waals surface area (Å²) in [6.07, 6.45) is 1.52. The molecule has 0 aliphatic rings. The Morgan fingerprint density at radius 3 is 2.60 bits per heavy atom. The van der Waals surface area contributed by atoms with E-state index >= 15 is 0 Å². The minimum Gasteiger partial charge on any atom is -0.480 e. The molecule has 0 spiro atoms. The molecule has 1 atom stereocenters. The van der Waals surface area contributed by atoms with Gasteiger partial charge in [0.1, 0.15) is 6.04 Å². The molecule has 15 heavy (non-hydrogen) atoms. The third-order valence-electron chi connectivity index (χ3n) is 1.97. The normalized spacial score (nSPS) is 13.7. The Kier molecular flexibility index (Phi) is 6.39. The van der Waals surface area contributed by atoms with Crippen molar-refractivity contribution in [1.82, 2.24) is 5.06 Å². The summed E-state index contributed by atoms with van der Waals surface area (Å²) in [7, 11) is 0. The maximum atomic E-state index is 10.3. The van der Waals surface area contributed by atoms with Crippen LogP contribution in [-0.2, 0) is 4.79 Å². The fourth-order valence-corrected chi connectivity index (χ4v) is 0.963. The number of carboxylic acid groups (broad SMARTS) is 1. The number of hydrogen-bond donors (Lipinski definition) is 4. The highest BCUT2D eigenvalue weighted by atomic mass is 16.5. The van der Waals surface area contributed by atoms with Gasteiger partial charge in [0.25, 0.3) is 0 Å². The summed E-state index contributed by atoms with van der Waals surface area (Å²) < 4.78 is 0. The lowest BCUT2D eigenvalue weighted by molar-refractivity contribution is -0.138. The summed E-state index contributed by atoms with van der Waals surface area (Å²) in [5.41, 5.74) is 5.28. The molecule has 0 saturated heterocycles. The van der Waals surface area contributed by atoms with Crippen molar-refractivity contribution in [1.29, 1.82) is 0 Å². The molecule has 7 nitrogen and oxygen atoms in total. The summed E-state index contributed by atoms with van der Waals surface area (Å²) in [5.74, 6) is -0.929. The van der Waals surface area contributed by atoms with Crippen molar-refractivity contribution in [2.45, 2.75) is 32.2 Å². The lowest BCUT2D eigenvalue weighted by Crippen LogP contribution is -2.30. The Hall–Kier alpha value is -1.34. The quantitative estimate of drug-likeness (QED) is 0.165. The van der Waals surface area contributed by atoms with E-state index in [9.17, 15) is 10.0 Å². The van der Waals surface area contributed by atoms with Gasteiger partial charge in [-0.05, 0) is 26.2 Å². The Labute approximate surface area is 87.7 Å². The van der Waals surface area contributed by atoms with Crippen LogP contribution in [0.5, 0.6) is 0 Å². The number of rotatable bonds is 6.